The van der Waals surface area contributed by atoms with Crippen LogP contribution in [0.4, 0.5) is 9.59 Å². The molecule has 0 bridgehead atoms. The number of amides is 4. The highest BCUT2D eigenvalue weighted by Gasteiger charge is 2.39. The number of allylic oxidation sites excluding steroid dienone is 1. The molecule has 0 spiro atoms. The van der Waals surface area contributed by atoms with Crippen LogP contribution in [0.2, 0.25) is 0 Å². The van der Waals surface area contributed by atoms with Gasteiger partial charge in [0.05, 0.1) is 37.3 Å². The minimum atomic E-state index is -0.891. The van der Waals surface area contributed by atoms with E-state index in [-0.39, 0.29) is 23.9 Å². The Balaban J connectivity index is 0.859. The van der Waals surface area contributed by atoms with Gasteiger partial charge in [-0.25, -0.2) is 14.6 Å². The van der Waals surface area contributed by atoms with E-state index in [1.807, 2.05) is 102 Å². The molecule has 4 heterocycles. The van der Waals surface area contributed by atoms with Gasteiger partial charge in [-0.3, -0.25) is 14.6 Å². The lowest BCUT2D eigenvalue weighted by Crippen LogP contribution is -2.47. The summed E-state index contributed by atoms with van der Waals surface area (Å²) in [6.45, 7) is 1.13. The Labute approximate surface area is 370 Å². The van der Waals surface area contributed by atoms with E-state index < -0.39 is 24.3 Å². The summed E-state index contributed by atoms with van der Waals surface area (Å²) in [5, 5.41) is 7.43. The molecule has 2 saturated heterocycles. The van der Waals surface area contributed by atoms with Crippen LogP contribution < -0.4 is 10.6 Å². The van der Waals surface area contributed by atoms with Gasteiger partial charge in [-0.2, -0.15) is 0 Å². The van der Waals surface area contributed by atoms with Crippen LogP contribution >= 0.6 is 0 Å². The second-order valence-electron chi connectivity index (χ2n) is 16.1. The van der Waals surface area contributed by atoms with Gasteiger partial charge in [0.2, 0.25) is 5.91 Å². The van der Waals surface area contributed by atoms with Gasteiger partial charge in [0.15, 0.2) is 0 Å². The number of nitrogens with one attached hydrogen (secondary N) is 3. The van der Waals surface area contributed by atoms with E-state index in [0.29, 0.717) is 36.5 Å². The number of likely N-dealkylation sites (tertiary alicyclic amines) is 2. The summed E-state index contributed by atoms with van der Waals surface area (Å²) >= 11 is 0. The first kappa shape index (κ1) is 41.6. The minimum Gasteiger partial charge on any atom is -0.453 e. The molecule has 6 aromatic rings. The summed E-state index contributed by atoms with van der Waals surface area (Å²) in [5.41, 5.74) is 7.86. The number of H-pyrrole nitrogens is 1. The maximum absolute atomic E-state index is 14.0. The maximum atomic E-state index is 14.0. The number of carbonyl (C=O) groups excluding carboxylic acids is 4. The summed E-state index contributed by atoms with van der Waals surface area (Å²) in [6.07, 6.45) is 4.39. The number of hydrogen-bond acceptors (Lipinski definition) is 8. The van der Waals surface area contributed by atoms with E-state index in [1.165, 1.54) is 14.2 Å². The molecule has 3 aliphatic rings. The molecule has 0 aliphatic carbocycles. The number of benzene rings is 5. The highest BCUT2D eigenvalue weighted by atomic mass is 16.5. The zero-order valence-electron chi connectivity index (χ0n) is 35.5. The van der Waals surface area contributed by atoms with E-state index in [0.717, 1.165) is 75.5 Å². The SMILES string of the molecule is COC(=O)N[C@@H](C(=O)N1CCC[C@H]1C1=NC=C(c2ccc(C#Cc3ccc4c(ccc5[nH]c([C@@H]6CCCN6C(=O)[C@H](NC(=O)OC)c6ccccc6)nc54)c3)cc2)C1)c1ccccc1. The van der Waals surface area contributed by atoms with E-state index >= 15 is 0 Å². The fourth-order valence-corrected chi connectivity index (χ4v) is 9.04. The Kier molecular flexibility index (Phi) is 11.9. The van der Waals surface area contributed by atoms with Crippen LogP contribution in [-0.2, 0) is 19.1 Å². The highest BCUT2D eigenvalue weighted by Crippen LogP contribution is 2.36. The molecule has 13 nitrogen and oxygen atoms in total. The molecule has 0 unspecified atom stereocenters. The Morgan fingerprint density at radius 2 is 1.28 bits per heavy atom. The molecular formula is C51H47N7O6. The van der Waals surface area contributed by atoms with Crippen LogP contribution in [0.15, 0.2) is 126 Å². The molecule has 322 valence electrons. The summed E-state index contributed by atoms with van der Waals surface area (Å²) in [5.74, 6) is 6.95. The van der Waals surface area contributed by atoms with Crippen molar-refractivity contribution in [1.82, 2.24) is 30.4 Å². The zero-order chi connectivity index (χ0) is 44.2. The molecule has 64 heavy (non-hydrogen) atoms. The number of aromatic amines is 1. The molecule has 9 rings (SSSR count). The van der Waals surface area contributed by atoms with Crippen LogP contribution in [0.3, 0.4) is 0 Å². The van der Waals surface area contributed by atoms with E-state index in [9.17, 15) is 19.2 Å². The first-order valence-electron chi connectivity index (χ1n) is 21.5. The van der Waals surface area contributed by atoms with Gasteiger partial charge < -0.3 is 34.9 Å². The van der Waals surface area contributed by atoms with Gasteiger partial charge >= 0.3 is 12.2 Å². The van der Waals surface area contributed by atoms with Crippen molar-refractivity contribution in [2.75, 3.05) is 27.3 Å². The zero-order valence-corrected chi connectivity index (χ0v) is 35.5. The topological polar surface area (TPSA) is 158 Å². The van der Waals surface area contributed by atoms with E-state index in [2.05, 4.69) is 51.7 Å². The number of imidazole rings is 1. The normalized spacial score (nSPS) is 17.8. The number of alkyl carbamates (subject to hydrolysis) is 2. The minimum absolute atomic E-state index is 0.157. The number of aliphatic imine (C=N–C) groups is 1. The fraction of sp³-hybridized carbons (Fsp3) is 0.255. The number of rotatable bonds is 9. The number of methoxy groups -OCH3 is 2. The van der Waals surface area contributed by atoms with Crippen LogP contribution in [0.1, 0.15) is 83.9 Å². The number of ether oxygens (including phenoxy) is 2. The third kappa shape index (κ3) is 8.55. The number of hydrogen-bond donors (Lipinski definition) is 3. The first-order valence-corrected chi connectivity index (χ1v) is 21.5. The second kappa shape index (κ2) is 18.3. The molecule has 1 aromatic heterocycles. The smallest absolute Gasteiger partial charge is 0.407 e. The average molecular weight is 854 g/mol. The number of fused-ring (bicyclic) bond motifs is 3. The van der Waals surface area contributed by atoms with Crippen molar-refractivity contribution in [3.05, 3.63) is 155 Å². The summed E-state index contributed by atoms with van der Waals surface area (Å²) in [4.78, 5) is 69.5. The van der Waals surface area contributed by atoms with E-state index in [4.69, 9.17) is 19.5 Å². The predicted octanol–water partition coefficient (Wildman–Crippen LogP) is 8.15. The van der Waals surface area contributed by atoms with Crippen molar-refractivity contribution in [2.45, 2.75) is 56.3 Å². The van der Waals surface area contributed by atoms with Gasteiger partial charge in [0, 0.05) is 47.9 Å². The molecule has 13 heteroatoms. The van der Waals surface area contributed by atoms with Gasteiger partial charge in [0.25, 0.3) is 5.91 Å². The van der Waals surface area contributed by atoms with Crippen LogP contribution in [0, 0.1) is 11.8 Å². The summed E-state index contributed by atoms with van der Waals surface area (Å²) in [6, 6.07) is 34.5. The molecular weight excluding hydrogens is 807 g/mol. The number of aromatic nitrogens is 2. The predicted molar refractivity (Wildman–Crippen MR) is 244 cm³/mol. The largest absolute Gasteiger partial charge is 0.453 e. The first-order chi connectivity index (χ1) is 31.3. The van der Waals surface area contributed by atoms with Crippen LogP contribution in [0.5, 0.6) is 0 Å². The third-order valence-electron chi connectivity index (χ3n) is 12.3. The molecule has 3 N–H and O–H groups in total. The Morgan fingerprint density at radius 1 is 0.703 bits per heavy atom. The molecule has 2 fully saturated rings. The Bertz CT molecular complexity index is 2860. The standard InChI is InChI=1S/C51H47N7O6/c1-63-50(61)55-44(35-11-5-3-6-12-35)48(59)57-27-9-15-42(57)41-30-38(31-52-41)34-22-19-32(20-23-34)17-18-33-21-25-39-37(29-33)24-26-40-46(39)54-47(53-40)43-16-10-28-58(43)49(60)45(56-51(62)64-2)36-13-7-4-8-14-36/h3-8,11-14,19-26,29,31,42-45H,9-10,15-16,27-28,30H2,1-2H3,(H,53,54)(H,55,61)(H,56,62)/t42-,43-,44+,45+/m0/s1. The molecule has 5 aromatic carbocycles. The maximum Gasteiger partial charge on any atom is 0.407 e. The highest BCUT2D eigenvalue weighted by molar-refractivity contribution is 6.05. The van der Waals surface area contributed by atoms with Crippen molar-refractivity contribution >= 4 is 57.1 Å². The quantitative estimate of drug-likeness (QED) is 0.124. The monoisotopic (exact) mass is 853 g/mol. The van der Waals surface area contributed by atoms with Crippen molar-refractivity contribution in [3.63, 3.8) is 0 Å². The Hall–Kier alpha value is -7.72. The second-order valence-corrected chi connectivity index (χ2v) is 16.1. The molecule has 3 aliphatic heterocycles. The average Bonchev–Trinajstić information content (AvgIpc) is 4.19. The lowest BCUT2D eigenvalue weighted by atomic mass is 9.97. The molecule has 4 amide bonds. The fourth-order valence-electron chi connectivity index (χ4n) is 9.04. The van der Waals surface area contributed by atoms with Crippen LogP contribution in [0.25, 0.3) is 27.4 Å². The van der Waals surface area contributed by atoms with Crippen molar-refractivity contribution in [2.24, 2.45) is 4.99 Å². The number of nitrogens with zero attached hydrogens (tertiary/aromatic N) is 4. The summed E-state index contributed by atoms with van der Waals surface area (Å²) in [7, 11) is 2.57. The van der Waals surface area contributed by atoms with Gasteiger partial charge in [0.1, 0.15) is 17.9 Å². The van der Waals surface area contributed by atoms with E-state index in [1.54, 1.807) is 4.90 Å². The van der Waals surface area contributed by atoms with Crippen molar-refractivity contribution < 1.29 is 28.7 Å². The van der Waals surface area contributed by atoms with Gasteiger partial charge in [-0.05, 0) is 83.7 Å². The molecule has 0 radical (unpaired) electrons. The summed E-state index contributed by atoms with van der Waals surface area (Å²) < 4.78 is 9.69. The number of carbonyl (C=O) groups is 4. The molecule has 0 saturated carbocycles. The van der Waals surface area contributed by atoms with Crippen LogP contribution in [-0.4, -0.2) is 82.8 Å². The lowest BCUT2D eigenvalue weighted by molar-refractivity contribution is -0.135. The van der Waals surface area contributed by atoms with Crippen molar-refractivity contribution in [3.8, 4) is 11.8 Å². The van der Waals surface area contributed by atoms with Crippen molar-refractivity contribution in [1.29, 1.82) is 0 Å². The molecule has 4 atom stereocenters. The lowest BCUT2D eigenvalue weighted by Gasteiger charge is -2.29. The third-order valence-corrected chi connectivity index (χ3v) is 12.3. The van der Waals surface area contributed by atoms with Gasteiger partial charge in [-0.15, -0.1) is 0 Å². The Morgan fingerprint density at radius 3 is 1.91 bits per heavy atom. The van der Waals surface area contributed by atoms with Gasteiger partial charge in [-0.1, -0.05) is 96.8 Å².